The third-order valence-corrected chi connectivity index (χ3v) is 4.06. The van der Waals surface area contributed by atoms with Gasteiger partial charge < -0.3 is 4.42 Å². The van der Waals surface area contributed by atoms with Crippen LogP contribution in [0.1, 0.15) is 45.3 Å². The van der Waals surface area contributed by atoms with Crippen molar-refractivity contribution in [1.29, 1.82) is 0 Å². The van der Waals surface area contributed by atoms with Gasteiger partial charge in [-0.3, -0.25) is 9.59 Å². The standard InChI is InChI=1S/C16H18O3/c1-7-8(2)10(4)16-13(9(7)3)14(18)11(5)15(19-16)12(6)17/h1-6H3. The van der Waals surface area contributed by atoms with Gasteiger partial charge in [0, 0.05) is 12.5 Å². The van der Waals surface area contributed by atoms with E-state index in [0.29, 0.717) is 16.5 Å². The molecule has 0 aliphatic carbocycles. The third-order valence-electron chi connectivity index (χ3n) is 4.06. The molecule has 0 saturated carbocycles. The summed E-state index contributed by atoms with van der Waals surface area (Å²) >= 11 is 0. The molecule has 0 fully saturated rings. The van der Waals surface area contributed by atoms with Gasteiger partial charge in [-0.15, -0.1) is 0 Å². The van der Waals surface area contributed by atoms with Crippen molar-refractivity contribution in [2.45, 2.75) is 41.5 Å². The first kappa shape index (κ1) is 13.5. The van der Waals surface area contributed by atoms with Gasteiger partial charge in [0.2, 0.25) is 0 Å². The highest BCUT2D eigenvalue weighted by atomic mass is 16.3. The molecule has 0 saturated heterocycles. The normalized spacial score (nSPS) is 11.1. The Morgan fingerprint density at radius 3 is 1.89 bits per heavy atom. The molecule has 0 bridgehead atoms. The van der Waals surface area contributed by atoms with Gasteiger partial charge in [-0.2, -0.15) is 0 Å². The predicted molar refractivity (Wildman–Crippen MR) is 76.2 cm³/mol. The summed E-state index contributed by atoms with van der Waals surface area (Å²) in [4.78, 5) is 24.1. The van der Waals surface area contributed by atoms with Crippen LogP contribution in [0, 0.1) is 34.6 Å². The molecule has 2 aromatic rings. The molecule has 1 heterocycles. The second kappa shape index (κ2) is 4.34. The molecule has 2 rings (SSSR count). The zero-order valence-corrected chi connectivity index (χ0v) is 12.2. The fourth-order valence-corrected chi connectivity index (χ4v) is 2.48. The molecule has 100 valence electrons. The van der Waals surface area contributed by atoms with Gasteiger partial charge in [0.05, 0.1) is 5.39 Å². The van der Waals surface area contributed by atoms with Crippen molar-refractivity contribution in [2.75, 3.05) is 0 Å². The van der Waals surface area contributed by atoms with Crippen LogP contribution in [0.3, 0.4) is 0 Å². The number of Topliss-reactive ketones (excluding diaryl/α,β-unsaturated/α-hetero) is 1. The molecule has 3 nitrogen and oxygen atoms in total. The topological polar surface area (TPSA) is 47.3 Å². The van der Waals surface area contributed by atoms with E-state index < -0.39 is 0 Å². The van der Waals surface area contributed by atoms with Gasteiger partial charge in [-0.05, 0) is 56.9 Å². The van der Waals surface area contributed by atoms with E-state index in [1.807, 2.05) is 27.7 Å². The number of ketones is 1. The Hall–Kier alpha value is -1.90. The number of benzene rings is 1. The quantitative estimate of drug-likeness (QED) is 0.735. The second-order valence-corrected chi connectivity index (χ2v) is 5.15. The predicted octanol–water partition coefficient (Wildman–Crippen LogP) is 3.54. The summed E-state index contributed by atoms with van der Waals surface area (Å²) < 4.78 is 5.73. The maximum absolute atomic E-state index is 12.5. The van der Waals surface area contributed by atoms with Crippen LogP contribution in [0.2, 0.25) is 0 Å². The lowest BCUT2D eigenvalue weighted by Gasteiger charge is -2.14. The van der Waals surface area contributed by atoms with Gasteiger partial charge >= 0.3 is 0 Å². The third kappa shape index (κ3) is 1.81. The molecule has 19 heavy (non-hydrogen) atoms. The summed E-state index contributed by atoms with van der Waals surface area (Å²) in [7, 11) is 0. The van der Waals surface area contributed by atoms with Crippen LogP contribution in [-0.4, -0.2) is 5.78 Å². The summed E-state index contributed by atoms with van der Waals surface area (Å²) in [6.45, 7) is 10.9. The maximum Gasteiger partial charge on any atom is 0.196 e. The summed E-state index contributed by atoms with van der Waals surface area (Å²) in [6, 6.07) is 0. The van der Waals surface area contributed by atoms with Crippen LogP contribution < -0.4 is 5.43 Å². The van der Waals surface area contributed by atoms with Gasteiger partial charge in [0.15, 0.2) is 17.0 Å². The molecule has 0 spiro atoms. The van der Waals surface area contributed by atoms with Crippen LogP contribution in [0.25, 0.3) is 11.0 Å². The van der Waals surface area contributed by atoms with Crippen molar-refractivity contribution in [3.05, 3.63) is 43.8 Å². The van der Waals surface area contributed by atoms with Crippen molar-refractivity contribution in [2.24, 2.45) is 0 Å². The van der Waals surface area contributed by atoms with Crippen molar-refractivity contribution in [1.82, 2.24) is 0 Å². The Labute approximate surface area is 112 Å². The Balaban J connectivity index is 3.15. The van der Waals surface area contributed by atoms with Crippen molar-refractivity contribution in [3.8, 4) is 0 Å². The minimum absolute atomic E-state index is 0.102. The monoisotopic (exact) mass is 258 g/mol. The molecule has 1 aromatic heterocycles. The van der Waals surface area contributed by atoms with Crippen LogP contribution in [-0.2, 0) is 0 Å². The van der Waals surface area contributed by atoms with Crippen molar-refractivity contribution >= 4 is 16.8 Å². The van der Waals surface area contributed by atoms with Crippen LogP contribution in [0.15, 0.2) is 9.21 Å². The Kier molecular flexibility index (Phi) is 3.09. The van der Waals surface area contributed by atoms with E-state index in [1.165, 1.54) is 6.92 Å². The highest BCUT2D eigenvalue weighted by Crippen LogP contribution is 2.28. The first-order valence-electron chi connectivity index (χ1n) is 6.32. The molecule has 1 aromatic carbocycles. The van der Waals surface area contributed by atoms with Crippen molar-refractivity contribution in [3.63, 3.8) is 0 Å². The van der Waals surface area contributed by atoms with E-state index in [4.69, 9.17) is 4.42 Å². The molecule has 0 unspecified atom stereocenters. The largest absolute Gasteiger partial charge is 0.452 e. The van der Waals surface area contributed by atoms with Gasteiger partial charge in [-0.25, -0.2) is 0 Å². The van der Waals surface area contributed by atoms with E-state index in [9.17, 15) is 9.59 Å². The maximum atomic E-state index is 12.5. The van der Waals surface area contributed by atoms with E-state index in [1.54, 1.807) is 6.92 Å². The molecule has 0 aliphatic heterocycles. The van der Waals surface area contributed by atoms with E-state index in [2.05, 4.69) is 0 Å². The van der Waals surface area contributed by atoms with E-state index in [-0.39, 0.29) is 17.0 Å². The van der Waals surface area contributed by atoms with Crippen LogP contribution in [0.4, 0.5) is 0 Å². The number of carbonyl (C=O) groups excluding carboxylic acids is 1. The average Bonchev–Trinajstić information content (AvgIpc) is 2.36. The summed E-state index contributed by atoms with van der Waals surface area (Å²) in [5.74, 6) is -0.0463. The highest BCUT2D eigenvalue weighted by molar-refractivity contribution is 5.96. The Bertz CT molecular complexity index is 764. The van der Waals surface area contributed by atoms with Crippen molar-refractivity contribution < 1.29 is 9.21 Å². The number of carbonyl (C=O) groups is 1. The van der Waals surface area contributed by atoms with Crippen LogP contribution in [0.5, 0.6) is 0 Å². The lowest BCUT2D eigenvalue weighted by atomic mass is 9.94. The summed E-state index contributed by atoms with van der Waals surface area (Å²) in [5.41, 5.74) is 4.91. The molecule has 0 amide bonds. The zero-order chi connectivity index (χ0) is 14.5. The lowest BCUT2D eigenvalue weighted by molar-refractivity contribution is 0.0986. The number of rotatable bonds is 1. The summed E-state index contributed by atoms with van der Waals surface area (Å²) in [6.07, 6.45) is 0. The number of fused-ring (bicyclic) bond motifs is 1. The average molecular weight is 258 g/mol. The number of aryl methyl sites for hydroxylation is 2. The molecule has 0 aliphatic rings. The fraction of sp³-hybridized carbons (Fsp3) is 0.375. The molecule has 0 N–H and O–H groups in total. The molecule has 3 heteroatoms. The van der Waals surface area contributed by atoms with E-state index >= 15 is 0 Å². The van der Waals surface area contributed by atoms with Gasteiger partial charge in [-0.1, -0.05) is 0 Å². The first-order chi connectivity index (χ1) is 8.77. The molecular weight excluding hydrogens is 240 g/mol. The molecular formula is C16H18O3. The second-order valence-electron chi connectivity index (χ2n) is 5.15. The molecule has 0 radical (unpaired) electrons. The Morgan fingerprint density at radius 1 is 0.842 bits per heavy atom. The minimum atomic E-state index is -0.216. The van der Waals surface area contributed by atoms with Crippen LogP contribution >= 0.6 is 0 Å². The first-order valence-corrected chi connectivity index (χ1v) is 6.32. The lowest BCUT2D eigenvalue weighted by Crippen LogP contribution is -2.14. The highest BCUT2D eigenvalue weighted by Gasteiger charge is 2.19. The fourth-order valence-electron chi connectivity index (χ4n) is 2.48. The summed E-state index contributed by atoms with van der Waals surface area (Å²) in [5, 5.41) is 0.600. The van der Waals surface area contributed by atoms with E-state index in [0.717, 1.165) is 22.3 Å². The SMILES string of the molecule is CC(=O)c1oc2c(C)c(C)c(C)c(C)c2c(=O)c1C. The Morgan fingerprint density at radius 2 is 1.37 bits per heavy atom. The minimum Gasteiger partial charge on any atom is -0.452 e. The van der Waals surface area contributed by atoms with Gasteiger partial charge in [0.1, 0.15) is 5.58 Å². The molecule has 0 atom stereocenters. The smallest absolute Gasteiger partial charge is 0.196 e. The number of hydrogen-bond donors (Lipinski definition) is 0. The van der Waals surface area contributed by atoms with Gasteiger partial charge in [0.25, 0.3) is 0 Å². The number of hydrogen-bond acceptors (Lipinski definition) is 3. The zero-order valence-electron chi connectivity index (χ0n) is 12.2.